The fourth-order valence-corrected chi connectivity index (χ4v) is 0. The quantitative estimate of drug-likeness (QED) is 0.459. The molecule has 0 nitrogen and oxygen atoms in total. The number of rotatable bonds is 1. The van der Waals surface area contributed by atoms with Crippen LogP contribution in [0.1, 0.15) is 42.0 Å². The van der Waals surface area contributed by atoms with E-state index in [1.165, 1.54) is 0 Å². The SMILES string of the molecule is C.C.[B]C(C)(C)CC. The van der Waals surface area contributed by atoms with Gasteiger partial charge >= 0.3 is 0 Å². The van der Waals surface area contributed by atoms with Gasteiger partial charge in [-0.2, -0.15) is 0 Å². The minimum atomic E-state index is 0. The summed E-state index contributed by atoms with van der Waals surface area (Å²) < 4.78 is 0. The third-order valence-electron chi connectivity index (χ3n) is 0.911. The zero-order valence-electron chi connectivity index (χ0n) is 4.78. The first-order valence-corrected chi connectivity index (χ1v) is 2.35. The predicted octanol–water partition coefficient (Wildman–Crippen LogP) is 3.04. The molecule has 0 rings (SSSR count). The Morgan fingerprint density at radius 1 is 1.25 bits per heavy atom. The Hall–Kier alpha value is 0.0649. The zero-order valence-corrected chi connectivity index (χ0v) is 4.78. The summed E-state index contributed by atoms with van der Waals surface area (Å²) >= 11 is 0. The van der Waals surface area contributed by atoms with E-state index < -0.39 is 0 Å². The van der Waals surface area contributed by atoms with E-state index in [0.717, 1.165) is 6.42 Å². The first-order chi connectivity index (χ1) is 2.56. The molecule has 50 valence electrons. The molecule has 1 heteroatoms. The molecule has 0 aliphatic carbocycles. The van der Waals surface area contributed by atoms with Gasteiger partial charge in [0.1, 0.15) is 0 Å². The van der Waals surface area contributed by atoms with E-state index in [-0.39, 0.29) is 20.2 Å². The molecule has 0 aromatic heterocycles. The lowest BCUT2D eigenvalue weighted by Gasteiger charge is -2.13. The number of hydrogen-bond acceptors (Lipinski definition) is 0. The van der Waals surface area contributed by atoms with Crippen LogP contribution < -0.4 is 0 Å². The highest BCUT2D eigenvalue weighted by Gasteiger charge is 2.02. The van der Waals surface area contributed by atoms with Gasteiger partial charge in [0.05, 0.1) is 7.85 Å². The first kappa shape index (κ1) is 15.7. The second-order valence-corrected chi connectivity index (χ2v) is 2.34. The van der Waals surface area contributed by atoms with E-state index >= 15 is 0 Å². The summed E-state index contributed by atoms with van der Waals surface area (Å²) in [5.74, 6) is 0. The highest BCUT2D eigenvalue weighted by atomic mass is 14.0. The topological polar surface area (TPSA) is 0 Å². The lowest BCUT2D eigenvalue weighted by molar-refractivity contribution is 0.654. The molecule has 0 bridgehead atoms. The van der Waals surface area contributed by atoms with Crippen LogP contribution in [0.4, 0.5) is 0 Å². The summed E-state index contributed by atoms with van der Waals surface area (Å²) in [5.41, 5.74) is 0. The molecule has 8 heavy (non-hydrogen) atoms. The summed E-state index contributed by atoms with van der Waals surface area (Å²) in [5, 5.41) is 0.0417. The molecule has 0 N–H and O–H groups in total. The Kier molecular flexibility index (Phi) is 10.2. The van der Waals surface area contributed by atoms with Crippen LogP contribution in [0, 0.1) is 0 Å². The van der Waals surface area contributed by atoms with Crippen molar-refractivity contribution in [1.29, 1.82) is 0 Å². The molecule has 0 heterocycles. The van der Waals surface area contributed by atoms with E-state index in [0.29, 0.717) is 0 Å². The summed E-state index contributed by atoms with van der Waals surface area (Å²) in [7, 11) is 5.53. The predicted molar refractivity (Wildman–Crippen MR) is 43.5 cm³/mol. The zero-order chi connectivity index (χ0) is 5.21. The van der Waals surface area contributed by atoms with Gasteiger partial charge in [0.2, 0.25) is 0 Å². The average Bonchev–Trinajstić information content (AvgIpc) is 1.35. The van der Waals surface area contributed by atoms with Crippen molar-refractivity contribution in [2.75, 3.05) is 0 Å². The van der Waals surface area contributed by atoms with Crippen LogP contribution in [-0.2, 0) is 0 Å². The Morgan fingerprint density at radius 2 is 1.38 bits per heavy atom. The lowest BCUT2D eigenvalue weighted by Crippen LogP contribution is -1.97. The van der Waals surface area contributed by atoms with Gasteiger partial charge in [0.15, 0.2) is 0 Å². The van der Waals surface area contributed by atoms with Crippen LogP contribution in [-0.4, -0.2) is 7.85 Å². The van der Waals surface area contributed by atoms with Crippen molar-refractivity contribution in [1.82, 2.24) is 0 Å². The third-order valence-corrected chi connectivity index (χ3v) is 0.911. The Balaban J connectivity index is -0.000000125. The van der Waals surface area contributed by atoms with Crippen LogP contribution in [0.3, 0.4) is 0 Å². The van der Waals surface area contributed by atoms with Crippen LogP contribution in [0.15, 0.2) is 0 Å². The molecule has 0 atom stereocenters. The molecule has 0 saturated heterocycles. The minimum absolute atomic E-state index is 0. The first-order valence-electron chi connectivity index (χ1n) is 2.35. The maximum atomic E-state index is 5.53. The van der Waals surface area contributed by atoms with Gasteiger partial charge in [-0.3, -0.25) is 0 Å². The Labute approximate surface area is 56.1 Å². The normalized spacial score (nSPS) is 8.88. The fourth-order valence-electron chi connectivity index (χ4n) is 0. The van der Waals surface area contributed by atoms with Crippen LogP contribution >= 0.6 is 0 Å². The molecular weight excluding hydrogens is 94.9 g/mol. The van der Waals surface area contributed by atoms with Gasteiger partial charge in [-0.05, 0) is 0 Å². The van der Waals surface area contributed by atoms with Crippen molar-refractivity contribution >= 4 is 7.85 Å². The highest BCUT2D eigenvalue weighted by Crippen LogP contribution is 2.21. The smallest absolute Gasteiger partial charge is 0.0738 e. The molecule has 0 unspecified atom stereocenters. The minimum Gasteiger partial charge on any atom is -0.0776 e. The average molecular weight is 114 g/mol. The third kappa shape index (κ3) is 16.6. The van der Waals surface area contributed by atoms with E-state index in [1.807, 2.05) is 13.8 Å². The van der Waals surface area contributed by atoms with E-state index in [1.54, 1.807) is 0 Å². The van der Waals surface area contributed by atoms with E-state index in [9.17, 15) is 0 Å². The van der Waals surface area contributed by atoms with E-state index in [4.69, 9.17) is 7.85 Å². The molecule has 0 aromatic carbocycles. The van der Waals surface area contributed by atoms with Crippen molar-refractivity contribution in [2.24, 2.45) is 0 Å². The highest BCUT2D eigenvalue weighted by molar-refractivity contribution is 6.14. The summed E-state index contributed by atoms with van der Waals surface area (Å²) in [6.07, 6.45) is 1.05. The molecular formula is C7H19B. The molecule has 0 saturated carbocycles. The molecule has 0 aliphatic heterocycles. The molecule has 2 radical (unpaired) electrons. The summed E-state index contributed by atoms with van der Waals surface area (Å²) in [6, 6.07) is 0. The molecule has 0 spiro atoms. The second kappa shape index (κ2) is 5.21. The van der Waals surface area contributed by atoms with Gasteiger partial charge in [-0.1, -0.05) is 47.4 Å². The van der Waals surface area contributed by atoms with Crippen molar-refractivity contribution in [3.8, 4) is 0 Å². The van der Waals surface area contributed by atoms with Gasteiger partial charge in [0.25, 0.3) is 0 Å². The molecule has 0 amide bonds. The van der Waals surface area contributed by atoms with Crippen molar-refractivity contribution < 1.29 is 0 Å². The van der Waals surface area contributed by atoms with Crippen molar-refractivity contribution in [3.63, 3.8) is 0 Å². The van der Waals surface area contributed by atoms with Crippen LogP contribution in [0.25, 0.3) is 0 Å². The molecule has 0 aliphatic rings. The standard InChI is InChI=1S/C5H11B.2CH4/c1-4-5(2,3)6;;/h4H2,1-3H3;2*1H4. The second-order valence-electron chi connectivity index (χ2n) is 2.34. The fraction of sp³-hybridized carbons (Fsp3) is 1.00. The van der Waals surface area contributed by atoms with Gasteiger partial charge in [0, 0.05) is 0 Å². The lowest BCUT2D eigenvalue weighted by atomic mass is 9.71. The van der Waals surface area contributed by atoms with Gasteiger partial charge in [-0.15, -0.1) is 0 Å². The summed E-state index contributed by atoms with van der Waals surface area (Å²) in [4.78, 5) is 0. The summed E-state index contributed by atoms with van der Waals surface area (Å²) in [6.45, 7) is 6.12. The maximum Gasteiger partial charge on any atom is 0.0738 e. The van der Waals surface area contributed by atoms with Gasteiger partial charge < -0.3 is 0 Å². The molecule has 0 aromatic rings. The van der Waals surface area contributed by atoms with Crippen LogP contribution in [0.2, 0.25) is 5.31 Å². The monoisotopic (exact) mass is 114 g/mol. The van der Waals surface area contributed by atoms with Crippen molar-refractivity contribution in [3.05, 3.63) is 0 Å². The number of hydrogen-bond donors (Lipinski definition) is 0. The van der Waals surface area contributed by atoms with Crippen LogP contribution in [0.5, 0.6) is 0 Å². The maximum absolute atomic E-state index is 5.53. The Bertz CT molecular complexity index is 34.1. The molecule has 0 fully saturated rings. The Morgan fingerprint density at radius 3 is 1.38 bits per heavy atom. The largest absolute Gasteiger partial charge is 0.0776 e. The van der Waals surface area contributed by atoms with Crippen molar-refractivity contribution in [2.45, 2.75) is 47.4 Å². The van der Waals surface area contributed by atoms with Gasteiger partial charge in [-0.25, -0.2) is 0 Å². The van der Waals surface area contributed by atoms with E-state index in [2.05, 4.69) is 6.92 Å².